The highest BCUT2D eigenvalue weighted by atomic mass is 16.5. The SMILES string of the molecule is COc1cc(N)c2nccc(C)c2c1OCCCCCCc1ccccc1. The topological polar surface area (TPSA) is 57.4 Å². The van der Waals surface area contributed by atoms with Gasteiger partial charge in [0.05, 0.1) is 30.3 Å². The minimum atomic E-state index is 0.610. The highest BCUT2D eigenvalue weighted by molar-refractivity contribution is 5.98. The first-order valence-corrected chi connectivity index (χ1v) is 9.59. The zero-order valence-corrected chi connectivity index (χ0v) is 16.2. The summed E-state index contributed by atoms with van der Waals surface area (Å²) in [5.74, 6) is 1.41. The summed E-state index contributed by atoms with van der Waals surface area (Å²) in [5.41, 5.74) is 10.0. The van der Waals surface area contributed by atoms with E-state index in [0.29, 0.717) is 18.0 Å². The van der Waals surface area contributed by atoms with Crippen LogP contribution in [0.2, 0.25) is 0 Å². The number of rotatable bonds is 9. The van der Waals surface area contributed by atoms with E-state index in [1.165, 1.54) is 18.4 Å². The van der Waals surface area contributed by atoms with Crippen molar-refractivity contribution in [2.45, 2.75) is 39.0 Å². The van der Waals surface area contributed by atoms with E-state index in [4.69, 9.17) is 15.2 Å². The van der Waals surface area contributed by atoms with Crippen molar-refractivity contribution >= 4 is 16.6 Å². The second-order valence-electron chi connectivity index (χ2n) is 6.85. The number of fused-ring (bicyclic) bond motifs is 1. The fourth-order valence-corrected chi connectivity index (χ4v) is 3.36. The molecule has 0 fully saturated rings. The summed E-state index contributed by atoms with van der Waals surface area (Å²) < 4.78 is 11.6. The first-order chi connectivity index (χ1) is 13.2. The number of benzene rings is 2. The van der Waals surface area contributed by atoms with Crippen molar-refractivity contribution in [3.63, 3.8) is 0 Å². The molecule has 0 amide bonds. The third-order valence-electron chi connectivity index (χ3n) is 4.84. The van der Waals surface area contributed by atoms with Crippen molar-refractivity contribution in [3.05, 3.63) is 59.8 Å². The van der Waals surface area contributed by atoms with Gasteiger partial charge in [-0.15, -0.1) is 0 Å². The van der Waals surface area contributed by atoms with E-state index in [2.05, 4.69) is 35.3 Å². The van der Waals surface area contributed by atoms with Crippen LogP contribution in [0.15, 0.2) is 48.7 Å². The Balaban J connectivity index is 1.55. The van der Waals surface area contributed by atoms with E-state index in [-0.39, 0.29) is 0 Å². The van der Waals surface area contributed by atoms with Gasteiger partial charge in [0, 0.05) is 12.3 Å². The van der Waals surface area contributed by atoms with Gasteiger partial charge < -0.3 is 15.2 Å². The van der Waals surface area contributed by atoms with E-state index in [1.807, 2.05) is 13.0 Å². The minimum Gasteiger partial charge on any atom is -0.493 e. The second-order valence-corrected chi connectivity index (χ2v) is 6.85. The standard InChI is InChI=1S/C23H28N2O2/c1-17-13-14-25-22-19(24)16-20(26-2)23(21(17)22)27-15-9-4-3-6-10-18-11-7-5-8-12-18/h5,7-8,11-14,16H,3-4,6,9-10,15,24H2,1-2H3. The van der Waals surface area contributed by atoms with Crippen molar-refractivity contribution in [1.82, 2.24) is 4.98 Å². The average molecular weight is 364 g/mol. The molecule has 0 bridgehead atoms. The summed E-state index contributed by atoms with van der Waals surface area (Å²) in [6.45, 7) is 2.70. The number of pyridine rings is 1. The van der Waals surface area contributed by atoms with E-state index >= 15 is 0 Å². The monoisotopic (exact) mass is 364 g/mol. The molecule has 0 unspecified atom stereocenters. The Bertz CT molecular complexity index is 878. The Labute approximate surface area is 161 Å². The molecule has 1 heterocycles. The van der Waals surface area contributed by atoms with Gasteiger partial charge in [0.2, 0.25) is 0 Å². The minimum absolute atomic E-state index is 0.610. The number of nitrogen functional groups attached to an aromatic ring is 1. The third kappa shape index (κ3) is 4.70. The van der Waals surface area contributed by atoms with Crippen LogP contribution in [0.4, 0.5) is 5.69 Å². The van der Waals surface area contributed by atoms with E-state index in [1.54, 1.807) is 19.4 Å². The molecular formula is C23H28N2O2. The molecule has 2 N–H and O–H groups in total. The van der Waals surface area contributed by atoms with Crippen LogP contribution < -0.4 is 15.2 Å². The lowest BCUT2D eigenvalue weighted by atomic mass is 10.1. The molecule has 0 spiro atoms. The Kier molecular flexibility index (Phi) is 6.53. The van der Waals surface area contributed by atoms with Crippen LogP contribution in [0, 0.1) is 6.92 Å². The first-order valence-electron chi connectivity index (χ1n) is 9.59. The third-order valence-corrected chi connectivity index (χ3v) is 4.84. The molecule has 142 valence electrons. The highest BCUT2D eigenvalue weighted by Gasteiger charge is 2.15. The molecular weight excluding hydrogens is 336 g/mol. The quantitative estimate of drug-likeness (QED) is 0.412. The van der Waals surface area contributed by atoms with Gasteiger partial charge >= 0.3 is 0 Å². The Morgan fingerprint density at radius 3 is 2.56 bits per heavy atom. The summed E-state index contributed by atoms with van der Waals surface area (Å²) in [5, 5.41) is 0.943. The molecule has 0 atom stereocenters. The predicted octanol–water partition coefficient (Wildman–Crippen LogP) is 5.32. The van der Waals surface area contributed by atoms with Gasteiger partial charge in [-0.25, -0.2) is 0 Å². The molecule has 0 radical (unpaired) electrons. The normalized spacial score (nSPS) is 10.9. The number of ether oxygens (including phenoxy) is 2. The van der Waals surface area contributed by atoms with Crippen LogP contribution in [0.3, 0.4) is 0 Å². The fourth-order valence-electron chi connectivity index (χ4n) is 3.36. The smallest absolute Gasteiger partial charge is 0.170 e. The van der Waals surface area contributed by atoms with E-state index in [9.17, 15) is 0 Å². The summed E-state index contributed by atoms with van der Waals surface area (Å²) in [6.07, 6.45) is 7.50. The predicted molar refractivity (Wildman–Crippen MR) is 112 cm³/mol. The molecule has 4 heteroatoms. The van der Waals surface area contributed by atoms with Crippen molar-refractivity contribution in [1.29, 1.82) is 0 Å². The van der Waals surface area contributed by atoms with Crippen LogP contribution >= 0.6 is 0 Å². The molecule has 3 aromatic rings. The number of hydrogen-bond donors (Lipinski definition) is 1. The summed E-state index contributed by atoms with van der Waals surface area (Å²) >= 11 is 0. The fraction of sp³-hybridized carbons (Fsp3) is 0.348. The second kappa shape index (κ2) is 9.26. The number of aromatic nitrogens is 1. The Morgan fingerprint density at radius 1 is 1.00 bits per heavy atom. The van der Waals surface area contributed by atoms with Crippen molar-refractivity contribution in [2.24, 2.45) is 0 Å². The number of methoxy groups -OCH3 is 1. The lowest BCUT2D eigenvalue weighted by molar-refractivity contribution is 0.288. The van der Waals surface area contributed by atoms with Gasteiger partial charge in [0.25, 0.3) is 0 Å². The maximum Gasteiger partial charge on any atom is 0.170 e. The van der Waals surface area contributed by atoms with Crippen LogP contribution in [-0.4, -0.2) is 18.7 Å². The van der Waals surface area contributed by atoms with Gasteiger partial charge in [-0.2, -0.15) is 0 Å². The van der Waals surface area contributed by atoms with Crippen LogP contribution in [-0.2, 0) is 6.42 Å². The molecule has 0 saturated carbocycles. The molecule has 1 aromatic heterocycles. The lowest BCUT2D eigenvalue weighted by Gasteiger charge is -2.16. The van der Waals surface area contributed by atoms with Gasteiger partial charge in [0.15, 0.2) is 11.5 Å². The van der Waals surface area contributed by atoms with Crippen LogP contribution in [0.25, 0.3) is 10.9 Å². The van der Waals surface area contributed by atoms with Gasteiger partial charge in [-0.05, 0) is 43.4 Å². The van der Waals surface area contributed by atoms with Gasteiger partial charge in [-0.1, -0.05) is 43.2 Å². The molecule has 2 aromatic carbocycles. The number of unbranched alkanes of at least 4 members (excludes halogenated alkanes) is 3. The van der Waals surface area contributed by atoms with Crippen molar-refractivity contribution in [3.8, 4) is 11.5 Å². The summed E-state index contributed by atoms with van der Waals surface area (Å²) in [6, 6.07) is 14.4. The first kappa shape index (κ1) is 19.0. The van der Waals surface area contributed by atoms with Crippen LogP contribution in [0.1, 0.15) is 36.8 Å². The maximum absolute atomic E-state index is 6.13. The number of hydrogen-bond acceptors (Lipinski definition) is 4. The Morgan fingerprint density at radius 2 is 1.78 bits per heavy atom. The Hall–Kier alpha value is -2.75. The number of nitrogens with two attached hydrogens (primary N) is 1. The highest BCUT2D eigenvalue weighted by Crippen LogP contribution is 2.40. The largest absolute Gasteiger partial charge is 0.493 e. The lowest BCUT2D eigenvalue weighted by Crippen LogP contribution is -2.03. The number of aryl methyl sites for hydroxylation is 2. The van der Waals surface area contributed by atoms with Crippen molar-refractivity contribution in [2.75, 3.05) is 19.5 Å². The molecule has 3 rings (SSSR count). The summed E-state index contributed by atoms with van der Waals surface area (Å²) in [4.78, 5) is 4.41. The molecule has 0 aliphatic heterocycles. The van der Waals surface area contributed by atoms with E-state index in [0.717, 1.165) is 41.5 Å². The van der Waals surface area contributed by atoms with Gasteiger partial charge in [0.1, 0.15) is 0 Å². The molecule has 0 aliphatic rings. The average Bonchev–Trinajstić information content (AvgIpc) is 2.69. The molecule has 4 nitrogen and oxygen atoms in total. The summed E-state index contributed by atoms with van der Waals surface area (Å²) in [7, 11) is 1.64. The van der Waals surface area contributed by atoms with E-state index < -0.39 is 0 Å². The van der Waals surface area contributed by atoms with Crippen LogP contribution in [0.5, 0.6) is 11.5 Å². The van der Waals surface area contributed by atoms with Gasteiger partial charge in [-0.3, -0.25) is 4.98 Å². The molecule has 0 aliphatic carbocycles. The number of anilines is 1. The maximum atomic E-state index is 6.13. The molecule has 27 heavy (non-hydrogen) atoms. The van der Waals surface area contributed by atoms with Crippen molar-refractivity contribution < 1.29 is 9.47 Å². The molecule has 0 saturated heterocycles. The number of nitrogens with zero attached hydrogens (tertiary/aromatic N) is 1. The zero-order chi connectivity index (χ0) is 19.1. The zero-order valence-electron chi connectivity index (χ0n) is 16.2.